The van der Waals surface area contributed by atoms with E-state index in [1.807, 2.05) is 47.2 Å². The Kier molecular flexibility index (Phi) is 2.30. The van der Waals surface area contributed by atoms with Crippen LogP contribution in [0.4, 0.5) is 0 Å². The van der Waals surface area contributed by atoms with Crippen molar-refractivity contribution < 1.29 is 9.59 Å². The zero-order valence-electron chi connectivity index (χ0n) is 11.3. The molecule has 0 atom stereocenters. The van der Waals surface area contributed by atoms with Gasteiger partial charge in [-0.15, -0.1) is 22.7 Å². The van der Waals surface area contributed by atoms with Crippen LogP contribution in [0.1, 0.15) is 31.8 Å². The molecule has 1 aliphatic carbocycles. The molecule has 2 aromatic heterocycles. The molecule has 0 radical (unpaired) electrons. The minimum Gasteiger partial charge on any atom is -0.289 e. The fourth-order valence-corrected chi connectivity index (χ4v) is 4.68. The van der Waals surface area contributed by atoms with E-state index in [0.717, 1.165) is 20.2 Å². The van der Waals surface area contributed by atoms with Gasteiger partial charge in [-0.25, -0.2) is 0 Å². The largest absolute Gasteiger partial charge is 0.289 e. The fraction of sp³-hybridized carbons (Fsp3) is 0. The van der Waals surface area contributed by atoms with Crippen LogP contribution in [0.2, 0.25) is 0 Å². The summed E-state index contributed by atoms with van der Waals surface area (Å²) < 4.78 is 2.08. The van der Waals surface area contributed by atoms with E-state index in [4.69, 9.17) is 0 Å². The maximum atomic E-state index is 12.8. The van der Waals surface area contributed by atoms with E-state index < -0.39 is 0 Å². The van der Waals surface area contributed by atoms with E-state index in [0.29, 0.717) is 22.3 Å². The number of ketones is 2. The van der Waals surface area contributed by atoms with Gasteiger partial charge in [0, 0.05) is 31.7 Å². The Morgan fingerprint density at radius 3 is 1.45 bits per heavy atom. The molecule has 0 saturated heterocycles. The Morgan fingerprint density at radius 1 is 0.591 bits per heavy atom. The smallest absolute Gasteiger partial charge is 0.194 e. The van der Waals surface area contributed by atoms with Crippen molar-refractivity contribution in [1.29, 1.82) is 0 Å². The molecule has 0 N–H and O–H groups in total. The van der Waals surface area contributed by atoms with Gasteiger partial charge in [-0.2, -0.15) is 0 Å². The average molecular weight is 320 g/mol. The molecule has 1 aliphatic rings. The summed E-state index contributed by atoms with van der Waals surface area (Å²) in [6, 6.07) is 11.4. The van der Waals surface area contributed by atoms with E-state index in [9.17, 15) is 9.59 Å². The van der Waals surface area contributed by atoms with Crippen LogP contribution in [0.15, 0.2) is 47.2 Å². The summed E-state index contributed by atoms with van der Waals surface area (Å²) in [7, 11) is 0. The average Bonchev–Trinajstić information content (AvgIpc) is 3.17. The normalized spacial score (nSPS) is 13.6. The molecule has 0 amide bonds. The van der Waals surface area contributed by atoms with E-state index in [1.54, 1.807) is 22.7 Å². The van der Waals surface area contributed by atoms with E-state index in [2.05, 4.69) is 0 Å². The molecule has 5 rings (SSSR count). The monoisotopic (exact) mass is 320 g/mol. The van der Waals surface area contributed by atoms with Crippen molar-refractivity contribution in [2.24, 2.45) is 0 Å². The second-order valence-corrected chi connectivity index (χ2v) is 7.27. The lowest BCUT2D eigenvalue weighted by Gasteiger charge is -2.17. The van der Waals surface area contributed by atoms with Gasteiger partial charge in [0.05, 0.1) is 0 Å². The molecule has 2 heterocycles. The van der Waals surface area contributed by atoms with Gasteiger partial charge in [0.2, 0.25) is 0 Å². The van der Waals surface area contributed by atoms with Gasteiger partial charge >= 0.3 is 0 Å². The molecular formula is C18H8O2S2. The molecule has 0 unspecified atom stereocenters. The molecule has 2 nitrogen and oxygen atoms in total. The highest BCUT2D eigenvalue weighted by Crippen LogP contribution is 2.35. The molecule has 0 fully saturated rings. The number of carbonyl (C=O) groups is 2. The Morgan fingerprint density at radius 2 is 1.00 bits per heavy atom. The highest BCUT2D eigenvalue weighted by molar-refractivity contribution is 7.17. The highest BCUT2D eigenvalue weighted by atomic mass is 32.1. The van der Waals surface area contributed by atoms with Crippen LogP contribution in [-0.4, -0.2) is 11.6 Å². The molecule has 2 aromatic carbocycles. The molecule has 0 saturated carbocycles. The second kappa shape index (κ2) is 4.12. The SMILES string of the molecule is O=C1c2cc3ccsc3cc2C(=O)c2cc3sccc3cc21. The number of benzene rings is 2. The van der Waals surface area contributed by atoms with Crippen molar-refractivity contribution in [3.8, 4) is 0 Å². The first-order valence-corrected chi connectivity index (χ1v) is 8.60. The van der Waals surface area contributed by atoms with E-state index in [-0.39, 0.29) is 11.6 Å². The van der Waals surface area contributed by atoms with Crippen molar-refractivity contribution in [3.63, 3.8) is 0 Å². The van der Waals surface area contributed by atoms with Gasteiger partial charge < -0.3 is 0 Å². The van der Waals surface area contributed by atoms with E-state index >= 15 is 0 Å². The first kappa shape index (κ1) is 12.3. The van der Waals surface area contributed by atoms with Gasteiger partial charge in [-0.1, -0.05) is 0 Å². The van der Waals surface area contributed by atoms with Crippen LogP contribution in [-0.2, 0) is 0 Å². The van der Waals surface area contributed by atoms with Crippen molar-refractivity contribution in [2.75, 3.05) is 0 Å². The van der Waals surface area contributed by atoms with Gasteiger partial charge in [0.15, 0.2) is 11.6 Å². The van der Waals surface area contributed by atoms with Crippen LogP contribution in [0, 0.1) is 0 Å². The predicted molar refractivity (Wildman–Crippen MR) is 90.5 cm³/mol. The van der Waals surface area contributed by atoms with Gasteiger partial charge in [-0.3, -0.25) is 9.59 Å². The third kappa shape index (κ3) is 1.48. The van der Waals surface area contributed by atoms with Crippen molar-refractivity contribution in [2.45, 2.75) is 0 Å². The summed E-state index contributed by atoms with van der Waals surface area (Å²) in [5.41, 5.74) is 2.11. The van der Waals surface area contributed by atoms with Gasteiger partial charge in [0.25, 0.3) is 0 Å². The first-order chi connectivity index (χ1) is 10.7. The van der Waals surface area contributed by atoms with Crippen LogP contribution in [0.25, 0.3) is 20.2 Å². The number of hydrogen-bond donors (Lipinski definition) is 0. The highest BCUT2D eigenvalue weighted by Gasteiger charge is 2.30. The summed E-state index contributed by atoms with van der Waals surface area (Å²) in [4.78, 5) is 25.7. The van der Waals surface area contributed by atoms with Crippen molar-refractivity contribution in [1.82, 2.24) is 0 Å². The number of rotatable bonds is 0. The maximum absolute atomic E-state index is 12.8. The van der Waals surface area contributed by atoms with Gasteiger partial charge in [-0.05, 0) is 57.9 Å². The summed E-state index contributed by atoms with van der Waals surface area (Å²) in [6.07, 6.45) is 0. The molecule has 22 heavy (non-hydrogen) atoms. The minimum absolute atomic E-state index is 0.0461. The molecule has 4 aromatic rings. The standard InChI is InChI=1S/C18H8O2S2/c19-17-11-5-9-1-3-21-15(9)7-13(11)18(20)14-8-16-10(2-4-22-16)6-12(14)17/h1-8H. The molecule has 0 bridgehead atoms. The van der Waals surface area contributed by atoms with Gasteiger partial charge in [0.1, 0.15) is 0 Å². The topological polar surface area (TPSA) is 34.1 Å². The van der Waals surface area contributed by atoms with Crippen molar-refractivity contribution in [3.05, 3.63) is 69.4 Å². The number of hydrogen-bond acceptors (Lipinski definition) is 4. The van der Waals surface area contributed by atoms with Crippen LogP contribution >= 0.6 is 22.7 Å². The zero-order valence-corrected chi connectivity index (χ0v) is 12.9. The molecular weight excluding hydrogens is 312 g/mol. The number of thiophene rings is 2. The Bertz CT molecular complexity index is 945. The third-order valence-corrected chi connectivity index (χ3v) is 5.92. The Balaban J connectivity index is 1.87. The first-order valence-electron chi connectivity index (χ1n) is 6.84. The Labute approximate surface area is 133 Å². The van der Waals surface area contributed by atoms with Crippen molar-refractivity contribution >= 4 is 54.4 Å². The molecule has 0 spiro atoms. The minimum atomic E-state index is -0.0502. The summed E-state index contributed by atoms with van der Waals surface area (Å²) >= 11 is 3.17. The van der Waals surface area contributed by atoms with Crippen LogP contribution in [0.5, 0.6) is 0 Å². The number of fused-ring (bicyclic) bond motifs is 4. The lowest BCUT2D eigenvalue weighted by atomic mass is 9.83. The molecule has 0 aliphatic heterocycles. The second-order valence-electron chi connectivity index (χ2n) is 5.37. The quantitative estimate of drug-likeness (QED) is 0.407. The lowest BCUT2D eigenvalue weighted by molar-refractivity contribution is 0.0979. The summed E-state index contributed by atoms with van der Waals surface area (Å²) in [5.74, 6) is -0.0963. The summed E-state index contributed by atoms with van der Waals surface area (Å²) in [5, 5.41) is 6.00. The molecule has 4 heteroatoms. The molecule has 104 valence electrons. The summed E-state index contributed by atoms with van der Waals surface area (Å²) in [6.45, 7) is 0. The Hall–Kier alpha value is -2.30. The van der Waals surface area contributed by atoms with E-state index in [1.165, 1.54) is 0 Å². The fourth-order valence-electron chi connectivity index (χ4n) is 3.06. The third-order valence-electron chi connectivity index (χ3n) is 4.16. The zero-order chi connectivity index (χ0) is 14.8. The lowest BCUT2D eigenvalue weighted by Crippen LogP contribution is -2.20. The number of carbonyl (C=O) groups excluding carboxylic acids is 2. The maximum Gasteiger partial charge on any atom is 0.194 e. The van der Waals surface area contributed by atoms with Crippen LogP contribution in [0.3, 0.4) is 0 Å². The predicted octanol–water partition coefficient (Wildman–Crippen LogP) is 4.89. The van der Waals surface area contributed by atoms with Crippen LogP contribution < -0.4 is 0 Å².